The highest BCUT2D eigenvalue weighted by atomic mass is 19.4. The highest BCUT2D eigenvalue weighted by Gasteiger charge is 2.61. The van der Waals surface area contributed by atoms with E-state index in [1.54, 1.807) is 12.1 Å². The van der Waals surface area contributed by atoms with Gasteiger partial charge in [0.25, 0.3) is 6.43 Å². The summed E-state index contributed by atoms with van der Waals surface area (Å²) < 4.78 is 63.9. The van der Waals surface area contributed by atoms with Crippen molar-refractivity contribution in [2.24, 2.45) is 0 Å². The summed E-state index contributed by atoms with van der Waals surface area (Å²) in [7, 11) is 0. The number of alkyl halides is 5. The van der Waals surface area contributed by atoms with Crippen LogP contribution in [-0.4, -0.2) is 24.0 Å². The van der Waals surface area contributed by atoms with Crippen molar-refractivity contribution in [3.63, 3.8) is 0 Å². The Balaban J connectivity index is 2.39. The summed E-state index contributed by atoms with van der Waals surface area (Å²) in [6.45, 7) is 0. The standard InChI is InChI=1S/C16H11F5O2/c17-14(18)15(23,16(19,20)21)13-7-5-12(6-8-13)11-3-1-10(9-22)2-4-11/h1-9,14,23H. The molecule has 23 heavy (non-hydrogen) atoms. The van der Waals surface area contributed by atoms with Crippen molar-refractivity contribution in [2.45, 2.75) is 18.2 Å². The Hall–Kier alpha value is -2.28. The number of aldehydes is 1. The molecule has 0 saturated carbocycles. The van der Waals surface area contributed by atoms with Gasteiger partial charge in [0.05, 0.1) is 0 Å². The number of halogens is 5. The summed E-state index contributed by atoms with van der Waals surface area (Å²) >= 11 is 0. The largest absolute Gasteiger partial charge is 0.427 e. The fourth-order valence-corrected chi connectivity index (χ4v) is 2.08. The molecule has 1 atom stereocenters. The maximum Gasteiger partial charge on any atom is 0.427 e. The number of carbonyl (C=O) groups is 1. The lowest BCUT2D eigenvalue weighted by Crippen LogP contribution is -2.48. The Labute approximate surface area is 128 Å². The summed E-state index contributed by atoms with van der Waals surface area (Å²) in [6.07, 6.45) is -8.88. The number of hydrogen-bond donors (Lipinski definition) is 1. The minimum absolute atomic E-state index is 0.425. The van der Waals surface area contributed by atoms with Crippen LogP contribution in [-0.2, 0) is 5.60 Å². The maximum absolute atomic E-state index is 12.8. The second-order valence-electron chi connectivity index (χ2n) is 4.88. The zero-order valence-electron chi connectivity index (χ0n) is 11.5. The van der Waals surface area contributed by atoms with Crippen LogP contribution in [0.4, 0.5) is 22.0 Å². The molecule has 1 unspecified atom stereocenters. The van der Waals surface area contributed by atoms with Crippen molar-refractivity contribution < 1.29 is 31.9 Å². The van der Waals surface area contributed by atoms with Crippen molar-refractivity contribution in [1.29, 1.82) is 0 Å². The molecular formula is C16H11F5O2. The first-order valence-electron chi connectivity index (χ1n) is 6.43. The van der Waals surface area contributed by atoms with Crippen molar-refractivity contribution in [1.82, 2.24) is 0 Å². The van der Waals surface area contributed by atoms with E-state index in [-0.39, 0.29) is 0 Å². The number of hydrogen-bond acceptors (Lipinski definition) is 2. The fraction of sp³-hybridized carbons (Fsp3) is 0.188. The average Bonchev–Trinajstić information content (AvgIpc) is 2.53. The summed E-state index contributed by atoms with van der Waals surface area (Å²) in [5.41, 5.74) is -3.67. The molecule has 0 saturated heterocycles. The van der Waals surface area contributed by atoms with E-state index in [4.69, 9.17) is 0 Å². The Morgan fingerprint density at radius 3 is 1.65 bits per heavy atom. The SMILES string of the molecule is O=Cc1ccc(-c2ccc(C(O)(C(F)F)C(F)(F)F)cc2)cc1. The third-order valence-corrected chi connectivity index (χ3v) is 3.45. The van der Waals surface area contributed by atoms with Gasteiger partial charge in [-0.05, 0) is 16.7 Å². The third kappa shape index (κ3) is 3.10. The zero-order valence-corrected chi connectivity index (χ0v) is 11.5. The van der Waals surface area contributed by atoms with Gasteiger partial charge in [0, 0.05) is 5.56 Å². The Bertz CT molecular complexity index is 677. The molecule has 0 radical (unpaired) electrons. The van der Waals surface area contributed by atoms with Crippen LogP contribution in [0.3, 0.4) is 0 Å². The molecule has 7 heteroatoms. The van der Waals surface area contributed by atoms with Gasteiger partial charge in [-0.1, -0.05) is 48.5 Å². The van der Waals surface area contributed by atoms with Gasteiger partial charge in [0.1, 0.15) is 6.29 Å². The highest BCUT2D eigenvalue weighted by molar-refractivity contribution is 5.76. The van der Waals surface area contributed by atoms with Gasteiger partial charge in [0.2, 0.25) is 5.60 Å². The number of carbonyl (C=O) groups excluding carboxylic acids is 1. The van der Waals surface area contributed by atoms with E-state index in [0.717, 1.165) is 12.1 Å². The molecule has 2 nitrogen and oxygen atoms in total. The molecule has 0 fully saturated rings. The molecule has 0 spiro atoms. The number of benzene rings is 2. The van der Waals surface area contributed by atoms with E-state index >= 15 is 0 Å². The van der Waals surface area contributed by atoms with Crippen molar-refractivity contribution in [2.75, 3.05) is 0 Å². The molecule has 0 aromatic heterocycles. The van der Waals surface area contributed by atoms with E-state index in [2.05, 4.69) is 0 Å². The number of aliphatic hydroxyl groups is 1. The van der Waals surface area contributed by atoms with E-state index < -0.39 is 23.8 Å². The van der Waals surface area contributed by atoms with Gasteiger partial charge in [-0.3, -0.25) is 4.79 Å². The summed E-state index contributed by atoms with van der Waals surface area (Å²) in [5, 5.41) is 9.41. The molecular weight excluding hydrogens is 319 g/mol. The van der Waals surface area contributed by atoms with Crippen molar-refractivity contribution in [3.8, 4) is 11.1 Å². The molecule has 0 amide bonds. The zero-order chi connectivity index (χ0) is 17.3. The van der Waals surface area contributed by atoms with Gasteiger partial charge in [-0.2, -0.15) is 13.2 Å². The van der Waals surface area contributed by atoms with Gasteiger partial charge in [0.15, 0.2) is 0 Å². The molecule has 2 aromatic rings. The quantitative estimate of drug-likeness (QED) is 0.674. The third-order valence-electron chi connectivity index (χ3n) is 3.45. The molecule has 2 rings (SSSR count). The second kappa shape index (κ2) is 6.08. The lowest BCUT2D eigenvalue weighted by Gasteiger charge is -2.30. The smallest absolute Gasteiger partial charge is 0.372 e. The first-order chi connectivity index (χ1) is 10.7. The average molecular weight is 330 g/mol. The molecule has 0 heterocycles. The van der Waals surface area contributed by atoms with Crippen LogP contribution in [0.2, 0.25) is 0 Å². The monoisotopic (exact) mass is 330 g/mol. The van der Waals surface area contributed by atoms with Gasteiger partial charge in [-0.25, -0.2) is 8.78 Å². The lowest BCUT2D eigenvalue weighted by molar-refractivity contribution is -0.305. The van der Waals surface area contributed by atoms with Crippen LogP contribution >= 0.6 is 0 Å². The summed E-state index contributed by atoms with van der Waals surface area (Å²) in [5.74, 6) is 0. The first-order valence-corrected chi connectivity index (χ1v) is 6.43. The Kier molecular flexibility index (Phi) is 4.51. The predicted molar refractivity (Wildman–Crippen MR) is 73.2 cm³/mol. The molecule has 0 aliphatic rings. The van der Waals surface area contributed by atoms with E-state index in [1.807, 2.05) is 0 Å². The minimum atomic E-state index is -5.51. The lowest BCUT2D eigenvalue weighted by atomic mass is 9.91. The van der Waals surface area contributed by atoms with E-state index in [9.17, 15) is 31.9 Å². The molecule has 0 aliphatic heterocycles. The van der Waals surface area contributed by atoms with Gasteiger partial charge >= 0.3 is 6.18 Å². The Morgan fingerprint density at radius 2 is 1.30 bits per heavy atom. The molecule has 2 aromatic carbocycles. The van der Waals surface area contributed by atoms with Crippen LogP contribution in [0, 0.1) is 0 Å². The summed E-state index contributed by atoms with van der Waals surface area (Å²) in [6, 6.07) is 10.2. The van der Waals surface area contributed by atoms with Crippen LogP contribution in [0.5, 0.6) is 0 Å². The molecule has 0 bridgehead atoms. The van der Waals surface area contributed by atoms with Gasteiger partial charge < -0.3 is 5.11 Å². The van der Waals surface area contributed by atoms with Crippen LogP contribution < -0.4 is 0 Å². The second-order valence-corrected chi connectivity index (χ2v) is 4.88. The van der Waals surface area contributed by atoms with E-state index in [1.165, 1.54) is 24.3 Å². The van der Waals surface area contributed by atoms with Gasteiger partial charge in [-0.15, -0.1) is 0 Å². The van der Waals surface area contributed by atoms with Crippen LogP contribution in [0.15, 0.2) is 48.5 Å². The fourth-order valence-electron chi connectivity index (χ4n) is 2.08. The topological polar surface area (TPSA) is 37.3 Å². The highest BCUT2D eigenvalue weighted by Crippen LogP contribution is 2.43. The first kappa shape index (κ1) is 17.1. The molecule has 122 valence electrons. The summed E-state index contributed by atoms with van der Waals surface area (Å²) in [4.78, 5) is 10.6. The van der Waals surface area contributed by atoms with Crippen molar-refractivity contribution >= 4 is 6.29 Å². The number of rotatable bonds is 4. The van der Waals surface area contributed by atoms with E-state index in [0.29, 0.717) is 23.0 Å². The maximum atomic E-state index is 12.8. The van der Waals surface area contributed by atoms with Crippen LogP contribution in [0.25, 0.3) is 11.1 Å². The van der Waals surface area contributed by atoms with Crippen molar-refractivity contribution in [3.05, 3.63) is 59.7 Å². The minimum Gasteiger partial charge on any atom is -0.372 e. The molecule has 1 N–H and O–H groups in total. The molecule has 0 aliphatic carbocycles. The predicted octanol–water partition coefficient (Wildman–Crippen LogP) is 4.18. The Morgan fingerprint density at radius 1 is 0.870 bits per heavy atom. The van der Waals surface area contributed by atoms with Crippen LogP contribution in [0.1, 0.15) is 15.9 Å². The normalized spacial score (nSPS) is 14.6.